The molecule has 2 aliphatic rings. The Balaban J connectivity index is 1.40. The first kappa shape index (κ1) is 14.0. The van der Waals surface area contributed by atoms with E-state index in [1.54, 1.807) is 0 Å². The van der Waals surface area contributed by atoms with Crippen LogP contribution in [0.2, 0.25) is 0 Å². The normalized spacial score (nSPS) is 23.0. The van der Waals surface area contributed by atoms with Crippen LogP contribution in [0.15, 0.2) is 24.5 Å². The van der Waals surface area contributed by atoms with E-state index in [0.29, 0.717) is 0 Å². The third-order valence-electron chi connectivity index (χ3n) is 4.93. The summed E-state index contributed by atoms with van der Waals surface area (Å²) in [6.07, 6.45) is 12.0. The molecule has 3 nitrogen and oxygen atoms in total. The molecule has 0 radical (unpaired) electrons. The molecule has 0 spiro atoms. The topological polar surface area (TPSA) is 19.4 Å². The minimum atomic E-state index is 0.868. The first-order valence-electron chi connectivity index (χ1n) is 8.27. The molecule has 0 amide bonds. The summed E-state index contributed by atoms with van der Waals surface area (Å²) in [5.41, 5.74) is 1.41. The van der Waals surface area contributed by atoms with Gasteiger partial charge in [0.1, 0.15) is 0 Å². The van der Waals surface area contributed by atoms with Crippen molar-refractivity contribution < 1.29 is 0 Å². The van der Waals surface area contributed by atoms with Crippen LogP contribution in [0.5, 0.6) is 0 Å². The van der Waals surface area contributed by atoms with E-state index in [9.17, 15) is 0 Å². The molecule has 0 N–H and O–H groups in total. The molecule has 1 aromatic heterocycles. The second-order valence-corrected chi connectivity index (χ2v) is 6.27. The molecular formula is C17H27N3. The van der Waals surface area contributed by atoms with Crippen molar-refractivity contribution >= 4 is 0 Å². The van der Waals surface area contributed by atoms with E-state index in [0.717, 1.165) is 12.5 Å². The van der Waals surface area contributed by atoms with E-state index in [1.807, 2.05) is 12.4 Å². The molecule has 0 aliphatic carbocycles. The predicted molar refractivity (Wildman–Crippen MR) is 82.8 cm³/mol. The largest absolute Gasteiger partial charge is 0.303 e. The molecule has 0 atom stereocenters. The van der Waals surface area contributed by atoms with E-state index in [4.69, 9.17) is 0 Å². The fourth-order valence-electron chi connectivity index (χ4n) is 3.63. The molecule has 0 aromatic carbocycles. The van der Waals surface area contributed by atoms with Crippen molar-refractivity contribution in [3.05, 3.63) is 30.1 Å². The molecule has 0 saturated carbocycles. The highest BCUT2D eigenvalue weighted by Gasteiger charge is 2.25. The quantitative estimate of drug-likeness (QED) is 0.840. The molecule has 20 heavy (non-hydrogen) atoms. The highest BCUT2D eigenvalue weighted by molar-refractivity contribution is 5.09. The van der Waals surface area contributed by atoms with Crippen LogP contribution in [0.4, 0.5) is 0 Å². The zero-order valence-corrected chi connectivity index (χ0v) is 12.5. The number of rotatable bonds is 4. The zero-order chi connectivity index (χ0) is 13.6. The summed E-state index contributed by atoms with van der Waals surface area (Å²) in [5.74, 6) is 0. The highest BCUT2D eigenvalue weighted by atomic mass is 15.2. The number of piperidine rings is 2. The Hall–Kier alpha value is -0.930. The molecule has 2 aliphatic heterocycles. The van der Waals surface area contributed by atoms with Crippen molar-refractivity contribution in [1.29, 1.82) is 0 Å². The fourth-order valence-corrected chi connectivity index (χ4v) is 3.63. The minimum Gasteiger partial charge on any atom is -0.303 e. The molecular weight excluding hydrogens is 246 g/mol. The van der Waals surface area contributed by atoms with Gasteiger partial charge in [0.25, 0.3) is 0 Å². The van der Waals surface area contributed by atoms with Gasteiger partial charge in [-0.05, 0) is 76.0 Å². The van der Waals surface area contributed by atoms with Crippen LogP contribution in [-0.4, -0.2) is 53.5 Å². The Bertz CT molecular complexity index is 378. The Kier molecular flexibility index (Phi) is 5.04. The summed E-state index contributed by atoms with van der Waals surface area (Å²) in [5, 5.41) is 0. The summed E-state index contributed by atoms with van der Waals surface area (Å²) in [6.45, 7) is 6.47. The lowest BCUT2D eigenvalue weighted by atomic mass is 9.99. The summed E-state index contributed by atoms with van der Waals surface area (Å²) in [4.78, 5) is 9.48. The molecule has 3 rings (SSSR count). The molecule has 0 bridgehead atoms. The molecule has 2 fully saturated rings. The number of hydrogen-bond donors (Lipinski definition) is 0. The summed E-state index contributed by atoms with van der Waals surface area (Å²) in [7, 11) is 0. The van der Waals surface area contributed by atoms with E-state index in [2.05, 4.69) is 26.9 Å². The monoisotopic (exact) mass is 273 g/mol. The summed E-state index contributed by atoms with van der Waals surface area (Å²) < 4.78 is 0. The van der Waals surface area contributed by atoms with E-state index >= 15 is 0 Å². The van der Waals surface area contributed by atoms with Gasteiger partial charge in [0.15, 0.2) is 0 Å². The highest BCUT2D eigenvalue weighted by Crippen LogP contribution is 2.20. The van der Waals surface area contributed by atoms with Gasteiger partial charge in [-0.2, -0.15) is 0 Å². The average molecular weight is 273 g/mol. The Morgan fingerprint density at radius 3 is 2.35 bits per heavy atom. The molecule has 3 heteroatoms. The molecule has 0 unspecified atom stereocenters. The van der Waals surface area contributed by atoms with Gasteiger partial charge in [0.2, 0.25) is 0 Å². The van der Waals surface area contributed by atoms with Crippen molar-refractivity contribution in [2.75, 3.05) is 32.7 Å². The van der Waals surface area contributed by atoms with Crippen molar-refractivity contribution in [2.24, 2.45) is 0 Å². The maximum Gasteiger partial charge on any atom is 0.0270 e. The lowest BCUT2D eigenvalue weighted by Crippen LogP contribution is -2.47. The zero-order valence-electron chi connectivity index (χ0n) is 12.5. The van der Waals surface area contributed by atoms with Crippen LogP contribution in [0, 0.1) is 0 Å². The van der Waals surface area contributed by atoms with Crippen molar-refractivity contribution in [1.82, 2.24) is 14.8 Å². The minimum absolute atomic E-state index is 0.868. The van der Waals surface area contributed by atoms with Gasteiger partial charge in [-0.3, -0.25) is 4.98 Å². The van der Waals surface area contributed by atoms with Gasteiger partial charge in [0.05, 0.1) is 0 Å². The van der Waals surface area contributed by atoms with Gasteiger partial charge in [-0.15, -0.1) is 0 Å². The molecule has 110 valence electrons. The lowest BCUT2D eigenvalue weighted by molar-refractivity contribution is 0.0931. The number of aromatic nitrogens is 1. The standard InChI is InChI=1S/C17H27N3/c1-2-11-20(12-3-1)17-7-14-19(15-8-17)13-6-16-4-9-18-10-5-16/h4-5,9-10,17H,1-3,6-8,11-15H2. The van der Waals surface area contributed by atoms with E-state index in [1.165, 1.54) is 70.4 Å². The lowest BCUT2D eigenvalue weighted by Gasteiger charge is -2.40. The van der Waals surface area contributed by atoms with Crippen LogP contribution >= 0.6 is 0 Å². The molecule has 3 heterocycles. The van der Waals surface area contributed by atoms with E-state index < -0.39 is 0 Å². The number of likely N-dealkylation sites (tertiary alicyclic amines) is 2. The van der Waals surface area contributed by atoms with Crippen LogP contribution < -0.4 is 0 Å². The Labute approximate surface area is 123 Å². The van der Waals surface area contributed by atoms with Gasteiger partial charge in [-0.1, -0.05) is 6.42 Å². The summed E-state index contributed by atoms with van der Waals surface area (Å²) >= 11 is 0. The van der Waals surface area contributed by atoms with Crippen LogP contribution in [0.25, 0.3) is 0 Å². The maximum absolute atomic E-state index is 4.08. The predicted octanol–water partition coefficient (Wildman–Crippen LogP) is 2.57. The third kappa shape index (κ3) is 3.80. The van der Waals surface area contributed by atoms with Gasteiger partial charge in [-0.25, -0.2) is 0 Å². The summed E-state index contributed by atoms with van der Waals surface area (Å²) in [6, 6.07) is 5.15. The second-order valence-electron chi connectivity index (χ2n) is 6.27. The first-order chi connectivity index (χ1) is 9.92. The van der Waals surface area contributed by atoms with E-state index in [-0.39, 0.29) is 0 Å². The SMILES string of the molecule is c1cc(CCN2CCC(N3CCCCC3)CC2)ccn1. The van der Waals surface area contributed by atoms with Crippen LogP contribution in [0.1, 0.15) is 37.7 Å². The number of hydrogen-bond acceptors (Lipinski definition) is 3. The average Bonchev–Trinajstić information content (AvgIpc) is 2.55. The van der Waals surface area contributed by atoms with Crippen molar-refractivity contribution in [3.63, 3.8) is 0 Å². The first-order valence-corrected chi connectivity index (χ1v) is 8.27. The van der Waals surface area contributed by atoms with Gasteiger partial charge >= 0.3 is 0 Å². The maximum atomic E-state index is 4.08. The fraction of sp³-hybridized carbons (Fsp3) is 0.706. The third-order valence-corrected chi connectivity index (χ3v) is 4.93. The van der Waals surface area contributed by atoms with Crippen molar-refractivity contribution in [3.8, 4) is 0 Å². The smallest absolute Gasteiger partial charge is 0.0270 e. The second kappa shape index (κ2) is 7.19. The van der Waals surface area contributed by atoms with Crippen LogP contribution in [-0.2, 0) is 6.42 Å². The Morgan fingerprint density at radius 2 is 1.65 bits per heavy atom. The molecule has 1 aromatic rings. The van der Waals surface area contributed by atoms with Crippen LogP contribution in [0.3, 0.4) is 0 Å². The van der Waals surface area contributed by atoms with Gasteiger partial charge < -0.3 is 9.80 Å². The number of pyridine rings is 1. The van der Waals surface area contributed by atoms with Crippen molar-refractivity contribution in [2.45, 2.75) is 44.6 Å². The Morgan fingerprint density at radius 1 is 0.950 bits per heavy atom. The molecule has 2 saturated heterocycles. The number of nitrogens with zero attached hydrogens (tertiary/aromatic N) is 3. The van der Waals surface area contributed by atoms with Gasteiger partial charge in [0, 0.05) is 25.0 Å².